The first-order valence-electron chi connectivity index (χ1n) is 6.46. The van der Waals surface area contributed by atoms with Crippen LogP contribution in [0.25, 0.3) is 0 Å². The third-order valence-corrected chi connectivity index (χ3v) is 4.58. The molecule has 0 atom stereocenters. The fourth-order valence-corrected chi connectivity index (χ4v) is 3.23. The minimum absolute atomic E-state index is 0.255. The number of aromatic amines is 1. The Balaban J connectivity index is 2.44. The summed E-state index contributed by atoms with van der Waals surface area (Å²) in [6.07, 6.45) is 0. The van der Waals surface area contributed by atoms with Gasteiger partial charge in [-0.25, -0.2) is 27.5 Å². The zero-order valence-corrected chi connectivity index (χ0v) is 14.5. The topological polar surface area (TPSA) is 141 Å². The van der Waals surface area contributed by atoms with Crippen molar-refractivity contribution in [1.82, 2.24) is 19.2 Å². The standard InChI is InChI=1S/C12H12N4O7S2/c1-22-9(17)7-5-3-4-6-8(7)25(20,21)14-10(18)15-12(19)16(23-2)11(24)13-15/h3-6H,1-2H3,(H,13,24)(H,14,18). The largest absolute Gasteiger partial charge is 0.465 e. The molecule has 0 bridgehead atoms. The Morgan fingerprint density at radius 1 is 1.24 bits per heavy atom. The number of amides is 1. The molecule has 1 aromatic carbocycles. The summed E-state index contributed by atoms with van der Waals surface area (Å²) in [6, 6.07) is 3.76. The summed E-state index contributed by atoms with van der Waals surface area (Å²) in [4.78, 5) is 39.8. The Bertz CT molecular complexity index is 1050. The third-order valence-electron chi connectivity index (χ3n) is 2.95. The van der Waals surface area contributed by atoms with E-state index in [9.17, 15) is 22.8 Å². The van der Waals surface area contributed by atoms with Crippen LogP contribution in [0.2, 0.25) is 0 Å². The van der Waals surface area contributed by atoms with Crippen LogP contribution in [0.3, 0.4) is 0 Å². The molecule has 0 spiro atoms. The summed E-state index contributed by atoms with van der Waals surface area (Å²) in [5.74, 6) is -0.907. The second-order valence-electron chi connectivity index (χ2n) is 4.41. The number of benzene rings is 1. The average molecular weight is 388 g/mol. The third kappa shape index (κ3) is 3.46. The second kappa shape index (κ2) is 6.90. The van der Waals surface area contributed by atoms with Gasteiger partial charge in [0.2, 0.25) is 4.77 Å². The van der Waals surface area contributed by atoms with Gasteiger partial charge in [-0.3, -0.25) is 5.10 Å². The molecule has 1 amide bonds. The molecule has 1 heterocycles. The minimum atomic E-state index is -4.48. The van der Waals surface area contributed by atoms with Crippen molar-refractivity contribution >= 4 is 34.2 Å². The van der Waals surface area contributed by atoms with Gasteiger partial charge in [0.05, 0.1) is 12.7 Å². The lowest BCUT2D eigenvalue weighted by Crippen LogP contribution is -2.41. The summed E-state index contributed by atoms with van der Waals surface area (Å²) in [6.45, 7) is 0. The van der Waals surface area contributed by atoms with E-state index in [1.165, 1.54) is 18.2 Å². The number of hydrogen-bond donors (Lipinski definition) is 2. The van der Waals surface area contributed by atoms with E-state index in [1.807, 2.05) is 0 Å². The number of ether oxygens (including phenoxy) is 1. The van der Waals surface area contributed by atoms with E-state index in [0.29, 0.717) is 9.41 Å². The molecule has 0 radical (unpaired) electrons. The average Bonchev–Trinajstić information content (AvgIpc) is 2.87. The Hall–Kier alpha value is -2.93. The normalized spacial score (nSPS) is 11.0. The molecule has 0 saturated carbocycles. The monoisotopic (exact) mass is 388 g/mol. The summed E-state index contributed by atoms with van der Waals surface area (Å²) < 4.78 is 31.6. The Morgan fingerprint density at radius 2 is 1.88 bits per heavy atom. The second-order valence-corrected chi connectivity index (χ2v) is 6.45. The van der Waals surface area contributed by atoms with Crippen LogP contribution in [-0.2, 0) is 14.8 Å². The summed E-state index contributed by atoms with van der Waals surface area (Å²) in [7, 11) is -2.27. The van der Waals surface area contributed by atoms with Crippen molar-refractivity contribution in [2.45, 2.75) is 4.90 Å². The highest BCUT2D eigenvalue weighted by molar-refractivity contribution is 7.90. The van der Waals surface area contributed by atoms with Crippen LogP contribution in [-0.4, -0.2) is 49.1 Å². The summed E-state index contributed by atoms with van der Waals surface area (Å²) in [5, 5.41) is 2.18. The highest BCUT2D eigenvalue weighted by Gasteiger charge is 2.26. The van der Waals surface area contributed by atoms with Gasteiger partial charge in [0.25, 0.3) is 10.0 Å². The number of carbonyl (C=O) groups excluding carboxylic acids is 2. The predicted octanol–water partition coefficient (Wildman–Crippen LogP) is -0.501. The number of nitrogens with zero attached hydrogens (tertiary/aromatic N) is 2. The van der Waals surface area contributed by atoms with E-state index in [0.717, 1.165) is 20.3 Å². The van der Waals surface area contributed by atoms with Crippen molar-refractivity contribution in [3.63, 3.8) is 0 Å². The van der Waals surface area contributed by atoms with Crippen molar-refractivity contribution in [1.29, 1.82) is 0 Å². The number of aromatic nitrogens is 3. The van der Waals surface area contributed by atoms with Gasteiger partial charge in [0, 0.05) is 0 Å². The number of methoxy groups -OCH3 is 1. The molecule has 2 rings (SSSR count). The zero-order valence-electron chi connectivity index (χ0n) is 12.9. The van der Waals surface area contributed by atoms with Gasteiger partial charge in [-0.1, -0.05) is 16.9 Å². The van der Waals surface area contributed by atoms with Crippen LogP contribution >= 0.6 is 12.2 Å². The van der Waals surface area contributed by atoms with Gasteiger partial charge in [0.1, 0.15) is 12.0 Å². The van der Waals surface area contributed by atoms with Crippen molar-refractivity contribution in [3.05, 3.63) is 45.1 Å². The van der Waals surface area contributed by atoms with Crippen molar-refractivity contribution in [3.8, 4) is 0 Å². The van der Waals surface area contributed by atoms with Crippen LogP contribution in [0.15, 0.2) is 34.0 Å². The molecule has 0 aliphatic rings. The number of esters is 1. The lowest BCUT2D eigenvalue weighted by molar-refractivity contribution is 0.0596. The van der Waals surface area contributed by atoms with E-state index in [2.05, 4.69) is 14.7 Å². The van der Waals surface area contributed by atoms with Crippen LogP contribution < -0.4 is 15.2 Å². The Kier molecular flexibility index (Phi) is 5.08. The molecule has 1 aromatic heterocycles. The number of rotatable bonds is 4. The van der Waals surface area contributed by atoms with Crippen molar-refractivity contribution < 1.29 is 27.6 Å². The van der Waals surface area contributed by atoms with Crippen molar-refractivity contribution in [2.24, 2.45) is 0 Å². The van der Waals surface area contributed by atoms with Crippen LogP contribution in [0.5, 0.6) is 0 Å². The molecule has 0 unspecified atom stereocenters. The molecule has 11 nitrogen and oxygen atoms in total. The fraction of sp³-hybridized carbons (Fsp3) is 0.167. The van der Waals surface area contributed by atoms with Crippen LogP contribution in [0, 0.1) is 4.77 Å². The van der Waals surface area contributed by atoms with E-state index in [4.69, 9.17) is 12.2 Å². The molecule has 25 heavy (non-hydrogen) atoms. The lowest BCUT2D eigenvalue weighted by Gasteiger charge is -2.09. The van der Waals surface area contributed by atoms with Crippen LogP contribution in [0.4, 0.5) is 4.79 Å². The molecular formula is C12H12N4O7S2. The maximum atomic E-state index is 12.4. The molecule has 2 N–H and O–H groups in total. The van der Waals surface area contributed by atoms with E-state index >= 15 is 0 Å². The number of H-pyrrole nitrogens is 1. The molecule has 0 aliphatic heterocycles. The number of nitrogens with one attached hydrogen (secondary N) is 2. The first-order chi connectivity index (χ1) is 11.7. The maximum absolute atomic E-state index is 12.4. The number of sulfonamides is 1. The van der Waals surface area contributed by atoms with Gasteiger partial charge in [0.15, 0.2) is 0 Å². The quantitative estimate of drug-likeness (QED) is 0.527. The van der Waals surface area contributed by atoms with Crippen molar-refractivity contribution in [2.75, 3.05) is 14.2 Å². The number of carbonyl (C=O) groups is 2. The van der Waals surface area contributed by atoms with Crippen LogP contribution in [0.1, 0.15) is 10.4 Å². The first kappa shape index (κ1) is 18.4. The predicted molar refractivity (Wildman–Crippen MR) is 85.3 cm³/mol. The molecule has 2 aromatic rings. The number of hydrogen-bond acceptors (Lipinski definition) is 8. The first-order valence-corrected chi connectivity index (χ1v) is 8.35. The SMILES string of the molecule is COC(=O)c1ccccc1S(=O)(=O)NC(=O)n1[nH]c(=S)n(OC)c1=O. The Morgan fingerprint density at radius 3 is 2.44 bits per heavy atom. The highest BCUT2D eigenvalue weighted by Crippen LogP contribution is 2.16. The summed E-state index contributed by atoms with van der Waals surface area (Å²) >= 11 is 4.76. The smallest absolute Gasteiger partial charge is 0.387 e. The van der Waals surface area contributed by atoms with Gasteiger partial charge in [-0.05, 0) is 24.4 Å². The van der Waals surface area contributed by atoms with Gasteiger partial charge in [-0.2, -0.15) is 0 Å². The molecular weight excluding hydrogens is 376 g/mol. The molecule has 0 fully saturated rings. The van der Waals surface area contributed by atoms with E-state index in [-0.39, 0.29) is 10.3 Å². The van der Waals surface area contributed by atoms with E-state index in [1.54, 1.807) is 4.72 Å². The zero-order chi connectivity index (χ0) is 18.8. The molecule has 0 saturated heterocycles. The van der Waals surface area contributed by atoms with E-state index < -0.39 is 32.6 Å². The highest BCUT2D eigenvalue weighted by atomic mass is 32.2. The fourth-order valence-electron chi connectivity index (χ4n) is 1.86. The molecule has 134 valence electrons. The maximum Gasteiger partial charge on any atom is 0.387 e. The molecule has 0 aliphatic carbocycles. The Labute approximate surface area is 145 Å². The van der Waals surface area contributed by atoms with Gasteiger partial charge in [-0.15, -0.1) is 4.68 Å². The minimum Gasteiger partial charge on any atom is -0.465 e. The lowest BCUT2D eigenvalue weighted by atomic mass is 10.2. The van der Waals surface area contributed by atoms with Gasteiger partial charge < -0.3 is 9.57 Å². The van der Waals surface area contributed by atoms with Gasteiger partial charge >= 0.3 is 17.7 Å². The molecule has 13 heteroatoms. The summed E-state index contributed by atoms with van der Waals surface area (Å²) in [5.41, 5.74) is -1.32.